The highest BCUT2D eigenvalue weighted by Crippen LogP contribution is 2.17. The first-order valence-electron chi connectivity index (χ1n) is 6.22. The third kappa shape index (κ3) is 5.89. The van der Waals surface area contributed by atoms with E-state index in [9.17, 15) is 14.9 Å². The summed E-state index contributed by atoms with van der Waals surface area (Å²) < 4.78 is 5.05. The number of nitro groups is 1. The molecular formula is C13H18N4O4. The molecule has 0 aliphatic carbocycles. The molecule has 1 aromatic rings. The lowest BCUT2D eigenvalue weighted by molar-refractivity contribution is -0.385. The first-order chi connectivity index (χ1) is 9.69. The molecule has 0 aliphatic heterocycles. The average molecular weight is 294 g/mol. The molecule has 0 aliphatic rings. The highest BCUT2D eigenvalue weighted by atomic mass is 16.6. The number of nitrogens with two attached hydrogens (primary N) is 1. The zero-order valence-electron chi connectivity index (χ0n) is 12.1. The van der Waals surface area contributed by atoms with Crippen molar-refractivity contribution >= 4 is 23.7 Å². The number of pyridine rings is 1. The maximum Gasteiger partial charge on any atom is 0.407 e. The van der Waals surface area contributed by atoms with Gasteiger partial charge in [0, 0.05) is 18.2 Å². The minimum Gasteiger partial charge on any atom is -0.444 e. The molecule has 3 N–H and O–H groups in total. The van der Waals surface area contributed by atoms with Gasteiger partial charge in [0.2, 0.25) is 0 Å². The lowest BCUT2D eigenvalue weighted by Gasteiger charge is -2.19. The van der Waals surface area contributed by atoms with Gasteiger partial charge in [-0.05, 0) is 20.8 Å². The third-order valence-corrected chi connectivity index (χ3v) is 2.21. The smallest absolute Gasteiger partial charge is 0.407 e. The van der Waals surface area contributed by atoms with Crippen LogP contribution in [0, 0.1) is 10.1 Å². The van der Waals surface area contributed by atoms with Crippen molar-refractivity contribution in [3.05, 3.63) is 34.0 Å². The van der Waals surface area contributed by atoms with Crippen LogP contribution in [0.2, 0.25) is 0 Å². The topological polar surface area (TPSA) is 120 Å². The Balaban J connectivity index is 2.60. The quantitative estimate of drug-likeness (QED) is 0.648. The fraction of sp³-hybridized carbons (Fsp3) is 0.385. The van der Waals surface area contributed by atoms with Crippen LogP contribution in [0.25, 0.3) is 6.08 Å². The number of amides is 1. The van der Waals surface area contributed by atoms with Gasteiger partial charge in [0.25, 0.3) is 5.69 Å². The Hall–Kier alpha value is -2.64. The normalized spacial score (nSPS) is 11.4. The van der Waals surface area contributed by atoms with Crippen molar-refractivity contribution in [1.29, 1.82) is 0 Å². The van der Waals surface area contributed by atoms with Gasteiger partial charge in [0.15, 0.2) is 0 Å². The van der Waals surface area contributed by atoms with Gasteiger partial charge in [0.05, 0.1) is 4.92 Å². The zero-order valence-corrected chi connectivity index (χ0v) is 12.1. The van der Waals surface area contributed by atoms with Crippen molar-refractivity contribution in [2.45, 2.75) is 26.4 Å². The molecule has 0 spiro atoms. The molecule has 1 amide bonds. The van der Waals surface area contributed by atoms with Crippen LogP contribution in [0.15, 0.2) is 18.3 Å². The van der Waals surface area contributed by atoms with E-state index in [0.717, 1.165) is 6.20 Å². The Morgan fingerprint density at radius 1 is 1.57 bits per heavy atom. The molecule has 8 nitrogen and oxygen atoms in total. The van der Waals surface area contributed by atoms with Crippen molar-refractivity contribution in [1.82, 2.24) is 10.3 Å². The van der Waals surface area contributed by atoms with E-state index in [-0.39, 0.29) is 18.1 Å². The number of hydrogen-bond donors (Lipinski definition) is 2. The molecule has 0 bridgehead atoms. The minimum atomic E-state index is -0.567. The average Bonchev–Trinajstić information content (AvgIpc) is 2.34. The molecule has 1 aromatic heterocycles. The van der Waals surface area contributed by atoms with E-state index < -0.39 is 16.6 Å². The lowest BCUT2D eigenvalue weighted by atomic mass is 10.2. The van der Waals surface area contributed by atoms with Crippen LogP contribution < -0.4 is 11.1 Å². The molecule has 0 atom stereocenters. The van der Waals surface area contributed by atoms with Gasteiger partial charge >= 0.3 is 6.09 Å². The van der Waals surface area contributed by atoms with Crippen molar-refractivity contribution in [3.63, 3.8) is 0 Å². The second kappa shape index (κ2) is 6.69. The Bertz CT molecular complexity index is 564. The molecule has 0 saturated carbocycles. The lowest BCUT2D eigenvalue weighted by Crippen LogP contribution is -2.32. The van der Waals surface area contributed by atoms with E-state index in [0.29, 0.717) is 5.56 Å². The van der Waals surface area contributed by atoms with E-state index in [4.69, 9.17) is 10.5 Å². The molecular weight excluding hydrogens is 276 g/mol. The highest BCUT2D eigenvalue weighted by Gasteiger charge is 2.15. The Kier molecular flexibility index (Phi) is 5.23. The number of carbonyl (C=O) groups is 1. The zero-order chi connectivity index (χ0) is 16.0. The summed E-state index contributed by atoms with van der Waals surface area (Å²) in [4.78, 5) is 25.2. The third-order valence-electron chi connectivity index (χ3n) is 2.21. The first-order valence-corrected chi connectivity index (χ1v) is 6.22. The molecule has 114 valence electrons. The summed E-state index contributed by atoms with van der Waals surface area (Å²) in [5, 5.41) is 13.2. The van der Waals surface area contributed by atoms with Gasteiger partial charge in [-0.25, -0.2) is 9.78 Å². The van der Waals surface area contributed by atoms with Crippen LogP contribution in [-0.2, 0) is 4.74 Å². The van der Waals surface area contributed by atoms with E-state index >= 15 is 0 Å². The molecule has 0 unspecified atom stereocenters. The van der Waals surface area contributed by atoms with Crippen LogP contribution in [0.3, 0.4) is 0 Å². The van der Waals surface area contributed by atoms with Crippen molar-refractivity contribution in [3.8, 4) is 0 Å². The van der Waals surface area contributed by atoms with E-state index in [2.05, 4.69) is 10.3 Å². The number of anilines is 1. The van der Waals surface area contributed by atoms with Crippen LogP contribution in [0.1, 0.15) is 26.3 Å². The molecule has 0 saturated heterocycles. The van der Waals surface area contributed by atoms with Crippen LogP contribution in [0.4, 0.5) is 16.3 Å². The van der Waals surface area contributed by atoms with Gasteiger partial charge in [0.1, 0.15) is 17.6 Å². The Morgan fingerprint density at radius 3 is 2.81 bits per heavy atom. The van der Waals surface area contributed by atoms with Crippen molar-refractivity contribution in [2.24, 2.45) is 0 Å². The summed E-state index contributed by atoms with van der Waals surface area (Å²) in [6, 6.07) is 1.31. The van der Waals surface area contributed by atoms with Crippen LogP contribution in [-0.4, -0.2) is 28.1 Å². The van der Waals surface area contributed by atoms with Gasteiger partial charge in [-0.2, -0.15) is 0 Å². The number of aromatic nitrogens is 1. The van der Waals surface area contributed by atoms with Crippen LogP contribution in [0.5, 0.6) is 0 Å². The van der Waals surface area contributed by atoms with Gasteiger partial charge in [-0.3, -0.25) is 10.1 Å². The largest absolute Gasteiger partial charge is 0.444 e. The molecule has 8 heteroatoms. The maximum absolute atomic E-state index is 11.4. The standard InChI is InChI=1S/C13H18N4O4/c1-13(2,3)21-12(18)15-6-4-5-9-7-10(17(19)20)8-16-11(9)14/h4-5,7-8H,6H2,1-3H3,(H2,14,16)(H,15,18). The minimum absolute atomic E-state index is 0.149. The number of carbonyl (C=O) groups excluding carboxylic acids is 1. The predicted octanol–water partition coefficient (Wildman–Crippen LogP) is 2.11. The van der Waals surface area contributed by atoms with Gasteiger partial charge < -0.3 is 15.8 Å². The second-order valence-electron chi connectivity index (χ2n) is 5.21. The summed E-state index contributed by atoms with van der Waals surface area (Å²) in [6.45, 7) is 5.49. The summed E-state index contributed by atoms with van der Waals surface area (Å²) in [5.74, 6) is 0.175. The fourth-order valence-electron chi connectivity index (χ4n) is 1.36. The van der Waals surface area contributed by atoms with Crippen molar-refractivity contribution < 1.29 is 14.5 Å². The molecule has 0 radical (unpaired) electrons. The maximum atomic E-state index is 11.4. The Labute approximate surface area is 122 Å². The summed E-state index contributed by atoms with van der Waals surface area (Å²) in [7, 11) is 0. The molecule has 0 fully saturated rings. The highest BCUT2D eigenvalue weighted by molar-refractivity contribution is 5.68. The molecule has 0 aromatic carbocycles. The summed E-state index contributed by atoms with van der Waals surface area (Å²) in [5.41, 5.74) is 5.31. The van der Waals surface area contributed by atoms with Gasteiger partial charge in [-0.15, -0.1) is 0 Å². The monoisotopic (exact) mass is 294 g/mol. The second-order valence-corrected chi connectivity index (χ2v) is 5.21. The number of alkyl carbamates (subject to hydrolysis) is 1. The number of nitrogens with one attached hydrogen (secondary N) is 1. The Morgan fingerprint density at radius 2 is 2.24 bits per heavy atom. The van der Waals surface area contributed by atoms with E-state index in [1.54, 1.807) is 32.9 Å². The molecule has 1 heterocycles. The van der Waals surface area contributed by atoms with Crippen LogP contribution >= 0.6 is 0 Å². The number of nitrogen functional groups attached to an aromatic ring is 1. The number of ether oxygens (including phenoxy) is 1. The number of rotatable bonds is 4. The fourth-order valence-corrected chi connectivity index (χ4v) is 1.36. The number of nitrogens with zero attached hydrogens (tertiary/aromatic N) is 2. The predicted molar refractivity (Wildman–Crippen MR) is 78.6 cm³/mol. The number of hydrogen-bond acceptors (Lipinski definition) is 6. The molecule has 21 heavy (non-hydrogen) atoms. The molecule has 1 rings (SSSR count). The first kappa shape index (κ1) is 16.4. The van der Waals surface area contributed by atoms with E-state index in [1.807, 2.05) is 0 Å². The van der Waals surface area contributed by atoms with Crippen molar-refractivity contribution in [2.75, 3.05) is 12.3 Å². The van der Waals surface area contributed by atoms with E-state index in [1.165, 1.54) is 6.07 Å². The summed E-state index contributed by atoms with van der Waals surface area (Å²) in [6.07, 6.45) is 3.69. The summed E-state index contributed by atoms with van der Waals surface area (Å²) >= 11 is 0. The SMILES string of the molecule is CC(C)(C)OC(=O)NCC=Cc1cc([N+](=O)[O-])cnc1N. The van der Waals surface area contributed by atoms with Gasteiger partial charge in [-0.1, -0.05) is 12.2 Å².